The summed E-state index contributed by atoms with van der Waals surface area (Å²) in [6, 6.07) is 0. The van der Waals surface area contributed by atoms with E-state index in [9.17, 15) is 0 Å². The maximum Gasteiger partial charge on any atom is -0.0193 e. The van der Waals surface area contributed by atoms with Gasteiger partial charge in [-0.2, -0.15) is 0 Å². The number of rotatable bonds is 4. The number of hydrogen-bond acceptors (Lipinski definition) is 0. The molecule has 0 saturated carbocycles. The highest BCUT2D eigenvalue weighted by atomic mass is 14.0. The van der Waals surface area contributed by atoms with Gasteiger partial charge < -0.3 is 0 Å². The van der Waals surface area contributed by atoms with Crippen LogP contribution >= 0.6 is 0 Å². The van der Waals surface area contributed by atoms with Crippen molar-refractivity contribution in [3.05, 3.63) is 59.8 Å². The Hall–Kier alpha value is -1.30. The normalized spacial score (nSPS) is 12.3. The van der Waals surface area contributed by atoms with Crippen molar-refractivity contribution >= 4 is 0 Å². The van der Waals surface area contributed by atoms with Crippen LogP contribution in [-0.2, 0) is 0 Å². The molecule has 0 unspecified atom stereocenters. The lowest BCUT2D eigenvalue weighted by atomic mass is 10.0. The fourth-order valence-corrected chi connectivity index (χ4v) is 1.04. The fraction of sp³-hybridized carbons (Fsp3) is 0.286. The Bertz CT molecular complexity index is 305. The van der Waals surface area contributed by atoms with Gasteiger partial charge in [-0.1, -0.05) is 48.6 Å². The largest absolute Gasteiger partial charge is 0.0984 e. The molecule has 0 amide bonds. The molecule has 0 heteroatoms. The van der Waals surface area contributed by atoms with Gasteiger partial charge in [0.2, 0.25) is 0 Å². The molecule has 0 aromatic heterocycles. The SMILES string of the molecule is C=C/C(=C/C(C)=C\C)C(=C)C=C(C)C. The smallest absolute Gasteiger partial charge is 0.0193 e. The molecule has 0 radical (unpaired) electrons. The van der Waals surface area contributed by atoms with E-state index in [0.29, 0.717) is 0 Å². The molecule has 0 aliphatic heterocycles. The van der Waals surface area contributed by atoms with Gasteiger partial charge in [0.15, 0.2) is 0 Å². The highest BCUT2D eigenvalue weighted by molar-refractivity contribution is 5.47. The summed E-state index contributed by atoms with van der Waals surface area (Å²) in [5.74, 6) is 0. The number of hydrogen-bond donors (Lipinski definition) is 0. The molecule has 0 aromatic carbocycles. The lowest BCUT2D eigenvalue weighted by Gasteiger charge is -2.02. The topological polar surface area (TPSA) is 0 Å². The summed E-state index contributed by atoms with van der Waals surface area (Å²) in [4.78, 5) is 0. The van der Waals surface area contributed by atoms with Crippen molar-refractivity contribution in [2.24, 2.45) is 0 Å². The van der Waals surface area contributed by atoms with Gasteiger partial charge in [0.25, 0.3) is 0 Å². The summed E-state index contributed by atoms with van der Waals surface area (Å²) in [6.45, 7) is 16.0. The molecule has 76 valence electrons. The second-order valence-corrected chi connectivity index (χ2v) is 3.58. The summed E-state index contributed by atoms with van der Waals surface area (Å²) >= 11 is 0. The fourth-order valence-electron chi connectivity index (χ4n) is 1.04. The molecule has 0 rings (SSSR count). The lowest BCUT2D eigenvalue weighted by molar-refractivity contribution is 1.36. The molecule has 0 bridgehead atoms. The van der Waals surface area contributed by atoms with Gasteiger partial charge in [-0.05, 0) is 38.8 Å². The Balaban J connectivity index is 4.92. The van der Waals surface area contributed by atoms with Crippen molar-refractivity contribution in [1.82, 2.24) is 0 Å². The summed E-state index contributed by atoms with van der Waals surface area (Å²) in [7, 11) is 0. The van der Waals surface area contributed by atoms with E-state index in [1.807, 2.05) is 13.0 Å². The van der Waals surface area contributed by atoms with Crippen molar-refractivity contribution in [2.75, 3.05) is 0 Å². The van der Waals surface area contributed by atoms with Gasteiger partial charge in [0, 0.05) is 0 Å². The molecule has 0 aliphatic rings. The van der Waals surface area contributed by atoms with E-state index < -0.39 is 0 Å². The van der Waals surface area contributed by atoms with Crippen molar-refractivity contribution in [1.29, 1.82) is 0 Å². The van der Waals surface area contributed by atoms with Crippen molar-refractivity contribution < 1.29 is 0 Å². The van der Waals surface area contributed by atoms with Crippen molar-refractivity contribution in [3.8, 4) is 0 Å². The zero-order chi connectivity index (χ0) is 11.1. The summed E-state index contributed by atoms with van der Waals surface area (Å²) < 4.78 is 0. The highest BCUT2D eigenvalue weighted by Gasteiger charge is 1.95. The Morgan fingerprint density at radius 3 is 2.00 bits per heavy atom. The standard InChI is InChI=1S/C14H20/c1-7-12(5)10-14(8-2)13(6)9-11(3)4/h7-10H,2,6H2,1,3-5H3/b12-7-,14-10-. The minimum atomic E-state index is 1.02. The Morgan fingerprint density at radius 1 is 1.07 bits per heavy atom. The quantitative estimate of drug-likeness (QED) is 0.566. The van der Waals surface area contributed by atoms with Crippen LogP contribution < -0.4 is 0 Å². The molecule has 14 heavy (non-hydrogen) atoms. The first kappa shape index (κ1) is 12.7. The molecule has 0 nitrogen and oxygen atoms in total. The molecule has 0 aromatic rings. The third-order valence-electron chi connectivity index (χ3n) is 1.89. The first-order valence-corrected chi connectivity index (χ1v) is 4.82. The predicted molar refractivity (Wildman–Crippen MR) is 66.3 cm³/mol. The highest BCUT2D eigenvalue weighted by Crippen LogP contribution is 2.14. The third kappa shape index (κ3) is 4.66. The van der Waals surface area contributed by atoms with E-state index in [1.54, 1.807) is 0 Å². The first-order chi connectivity index (χ1) is 6.51. The summed E-state index contributed by atoms with van der Waals surface area (Å²) in [5.41, 5.74) is 4.58. The number of allylic oxidation sites excluding steroid dienone is 8. The second kappa shape index (κ2) is 6.20. The molecule has 0 heterocycles. The van der Waals surface area contributed by atoms with Crippen molar-refractivity contribution in [3.63, 3.8) is 0 Å². The summed E-state index contributed by atoms with van der Waals surface area (Å²) in [5, 5.41) is 0. The van der Waals surface area contributed by atoms with E-state index in [4.69, 9.17) is 0 Å². The predicted octanol–water partition coefficient (Wildman–Crippen LogP) is 4.59. The molecule has 0 spiro atoms. The molecule has 0 saturated heterocycles. The Kier molecular flexibility index (Phi) is 5.62. The molecule has 0 fully saturated rings. The molecule has 0 atom stereocenters. The van der Waals surface area contributed by atoms with Crippen LogP contribution in [0.1, 0.15) is 27.7 Å². The second-order valence-electron chi connectivity index (χ2n) is 3.58. The molecule has 0 aliphatic carbocycles. The van der Waals surface area contributed by atoms with E-state index in [1.165, 1.54) is 11.1 Å². The maximum absolute atomic E-state index is 4.01. The van der Waals surface area contributed by atoms with Crippen LogP contribution in [0.25, 0.3) is 0 Å². The monoisotopic (exact) mass is 188 g/mol. The van der Waals surface area contributed by atoms with Crippen LogP contribution in [0.4, 0.5) is 0 Å². The molecular formula is C14H20. The van der Waals surface area contributed by atoms with Crippen LogP contribution in [0, 0.1) is 0 Å². The van der Waals surface area contributed by atoms with Gasteiger partial charge in [-0.25, -0.2) is 0 Å². The maximum atomic E-state index is 4.01. The Morgan fingerprint density at radius 2 is 1.64 bits per heavy atom. The molecule has 0 N–H and O–H groups in total. The van der Waals surface area contributed by atoms with Crippen LogP contribution in [0.3, 0.4) is 0 Å². The van der Waals surface area contributed by atoms with Crippen LogP contribution in [0.5, 0.6) is 0 Å². The van der Waals surface area contributed by atoms with Gasteiger partial charge in [-0.3, -0.25) is 0 Å². The minimum Gasteiger partial charge on any atom is -0.0984 e. The van der Waals surface area contributed by atoms with Gasteiger partial charge in [0.1, 0.15) is 0 Å². The molecular weight excluding hydrogens is 168 g/mol. The summed E-state index contributed by atoms with van der Waals surface area (Å²) in [6.07, 6.45) is 8.07. The van der Waals surface area contributed by atoms with Gasteiger partial charge >= 0.3 is 0 Å². The van der Waals surface area contributed by atoms with Crippen LogP contribution in [-0.4, -0.2) is 0 Å². The van der Waals surface area contributed by atoms with E-state index in [0.717, 1.165) is 11.1 Å². The lowest BCUT2D eigenvalue weighted by Crippen LogP contribution is -1.83. The van der Waals surface area contributed by atoms with E-state index >= 15 is 0 Å². The van der Waals surface area contributed by atoms with E-state index in [-0.39, 0.29) is 0 Å². The third-order valence-corrected chi connectivity index (χ3v) is 1.89. The average Bonchev–Trinajstić information content (AvgIpc) is 2.12. The first-order valence-electron chi connectivity index (χ1n) is 4.82. The minimum absolute atomic E-state index is 1.02. The van der Waals surface area contributed by atoms with Gasteiger partial charge in [0.05, 0.1) is 0 Å². The van der Waals surface area contributed by atoms with Crippen molar-refractivity contribution in [2.45, 2.75) is 27.7 Å². The van der Waals surface area contributed by atoms with Crippen LogP contribution in [0.2, 0.25) is 0 Å². The van der Waals surface area contributed by atoms with Gasteiger partial charge in [-0.15, -0.1) is 0 Å². The average molecular weight is 188 g/mol. The van der Waals surface area contributed by atoms with E-state index in [2.05, 4.69) is 52.2 Å². The van der Waals surface area contributed by atoms with Crippen LogP contribution in [0.15, 0.2) is 59.8 Å². The zero-order valence-electron chi connectivity index (χ0n) is 9.72. The Labute approximate surface area is 88.0 Å². The zero-order valence-corrected chi connectivity index (χ0v) is 9.72.